The number of amides is 1. The van der Waals surface area contributed by atoms with Crippen molar-refractivity contribution in [3.05, 3.63) is 67.0 Å². The average Bonchev–Trinajstić information content (AvgIpc) is 2.96. The quantitative estimate of drug-likeness (QED) is 0.647. The summed E-state index contributed by atoms with van der Waals surface area (Å²) >= 11 is 3.27. The first-order chi connectivity index (χ1) is 12.8. The zero-order chi connectivity index (χ0) is 19.5. The van der Waals surface area contributed by atoms with Crippen molar-refractivity contribution in [1.29, 1.82) is 0 Å². The van der Waals surface area contributed by atoms with Crippen LogP contribution in [0.1, 0.15) is 38.9 Å². The van der Waals surface area contributed by atoms with E-state index in [0.29, 0.717) is 21.0 Å². The molecule has 1 atom stereocenters. The normalized spacial score (nSPS) is 15.7. The van der Waals surface area contributed by atoms with Crippen molar-refractivity contribution in [2.24, 2.45) is 0 Å². The Morgan fingerprint density at radius 2 is 1.85 bits per heavy atom. The third kappa shape index (κ3) is 2.61. The molecule has 4 rings (SSSR count). The average molecular weight is 430 g/mol. The summed E-state index contributed by atoms with van der Waals surface area (Å²) < 4.78 is 11.4. The van der Waals surface area contributed by atoms with Crippen molar-refractivity contribution in [2.45, 2.75) is 19.9 Å². The Bertz CT molecular complexity index is 1180. The highest BCUT2D eigenvalue weighted by Crippen LogP contribution is 2.40. The summed E-state index contributed by atoms with van der Waals surface area (Å²) in [6, 6.07) is 6.09. The number of phenols is 1. The van der Waals surface area contributed by atoms with Crippen molar-refractivity contribution in [1.82, 2.24) is 5.32 Å². The van der Waals surface area contributed by atoms with E-state index in [1.54, 1.807) is 24.3 Å². The van der Waals surface area contributed by atoms with Crippen LogP contribution in [-0.4, -0.2) is 18.1 Å². The van der Waals surface area contributed by atoms with E-state index in [4.69, 9.17) is 9.15 Å². The number of ether oxygens (including phenoxy) is 1. The van der Waals surface area contributed by atoms with E-state index >= 15 is 0 Å². The lowest BCUT2D eigenvalue weighted by atomic mass is 9.98. The second-order valence-corrected chi connectivity index (χ2v) is 7.42. The van der Waals surface area contributed by atoms with Gasteiger partial charge < -0.3 is 19.6 Å². The molecular formula is C20H16BrNO5. The van der Waals surface area contributed by atoms with Gasteiger partial charge in [-0.1, -0.05) is 0 Å². The maximum atomic E-state index is 13.2. The first kappa shape index (κ1) is 17.6. The van der Waals surface area contributed by atoms with Crippen molar-refractivity contribution >= 4 is 32.8 Å². The number of phenolic OH excluding ortho intramolecular Hbond substituents is 1. The molecule has 6 nitrogen and oxygen atoms in total. The van der Waals surface area contributed by atoms with Crippen LogP contribution < -0.4 is 15.5 Å². The lowest BCUT2D eigenvalue weighted by Crippen LogP contribution is -2.22. The molecule has 0 fully saturated rings. The number of halogens is 1. The number of aryl methyl sites for hydroxylation is 2. The molecular weight excluding hydrogens is 414 g/mol. The fourth-order valence-electron chi connectivity index (χ4n) is 3.33. The standard InChI is InChI=1S/C20H16BrNO5/c1-8-4-11-13(5-9(8)2)27-19-15(17(11)23)16(22-20(19)25)10-6-12(21)18(24)14(7-10)26-3/h4-7,16,24H,1-3H3,(H,22,25). The van der Waals surface area contributed by atoms with E-state index in [9.17, 15) is 14.7 Å². The van der Waals surface area contributed by atoms with Gasteiger partial charge in [-0.15, -0.1) is 0 Å². The molecule has 7 heteroatoms. The number of aromatic hydroxyl groups is 1. The Morgan fingerprint density at radius 1 is 1.15 bits per heavy atom. The molecule has 1 amide bonds. The molecule has 2 N–H and O–H groups in total. The Labute approximate surface area is 162 Å². The van der Waals surface area contributed by atoms with Crippen molar-refractivity contribution in [3.63, 3.8) is 0 Å². The fourth-order valence-corrected chi connectivity index (χ4v) is 3.79. The summed E-state index contributed by atoms with van der Waals surface area (Å²) in [6.07, 6.45) is 0. The summed E-state index contributed by atoms with van der Waals surface area (Å²) in [4.78, 5) is 25.6. The van der Waals surface area contributed by atoms with Gasteiger partial charge in [0, 0.05) is 0 Å². The molecule has 0 saturated carbocycles. The maximum absolute atomic E-state index is 13.2. The molecule has 0 radical (unpaired) electrons. The third-order valence-corrected chi connectivity index (χ3v) is 5.52. The van der Waals surface area contributed by atoms with E-state index in [0.717, 1.165) is 11.1 Å². The summed E-state index contributed by atoms with van der Waals surface area (Å²) in [5.41, 5.74) is 2.95. The van der Waals surface area contributed by atoms with Crippen LogP contribution in [0.15, 0.2) is 37.9 Å². The highest BCUT2D eigenvalue weighted by Gasteiger charge is 2.36. The molecule has 2 heterocycles. The first-order valence-electron chi connectivity index (χ1n) is 8.27. The van der Waals surface area contributed by atoms with Crippen LogP contribution in [0.3, 0.4) is 0 Å². The van der Waals surface area contributed by atoms with Gasteiger partial charge in [-0.3, -0.25) is 9.59 Å². The smallest absolute Gasteiger partial charge is 0.288 e. The number of carbonyl (C=O) groups is 1. The van der Waals surface area contributed by atoms with Crippen molar-refractivity contribution in [3.8, 4) is 11.5 Å². The number of nitrogens with one attached hydrogen (secondary N) is 1. The largest absolute Gasteiger partial charge is 0.503 e. The minimum atomic E-state index is -0.694. The van der Waals surface area contributed by atoms with Crippen molar-refractivity contribution in [2.75, 3.05) is 7.11 Å². The zero-order valence-electron chi connectivity index (χ0n) is 14.8. The Hall–Kier alpha value is -2.80. The molecule has 1 unspecified atom stereocenters. The van der Waals surface area contributed by atoms with Gasteiger partial charge in [0.15, 0.2) is 16.9 Å². The van der Waals surface area contributed by atoms with E-state index in [1.807, 2.05) is 13.8 Å². The molecule has 0 bridgehead atoms. The van der Waals surface area contributed by atoms with Gasteiger partial charge in [-0.05, 0) is 70.7 Å². The lowest BCUT2D eigenvalue weighted by molar-refractivity contribution is 0.0938. The van der Waals surface area contributed by atoms with Gasteiger partial charge in [0.2, 0.25) is 5.76 Å². The Kier molecular flexibility index (Phi) is 3.99. The Morgan fingerprint density at radius 3 is 2.56 bits per heavy atom. The predicted octanol–water partition coefficient (Wildman–Crippen LogP) is 3.72. The van der Waals surface area contributed by atoms with Gasteiger partial charge >= 0.3 is 0 Å². The van der Waals surface area contributed by atoms with E-state index < -0.39 is 11.9 Å². The molecule has 0 spiro atoms. The number of carbonyl (C=O) groups excluding carboxylic acids is 1. The molecule has 27 heavy (non-hydrogen) atoms. The van der Waals surface area contributed by atoms with Gasteiger partial charge in [-0.2, -0.15) is 0 Å². The van der Waals surface area contributed by atoms with E-state index in [-0.39, 0.29) is 28.3 Å². The van der Waals surface area contributed by atoms with Gasteiger partial charge in [0.05, 0.1) is 28.6 Å². The third-order valence-electron chi connectivity index (χ3n) is 4.92. The molecule has 2 aromatic carbocycles. The highest BCUT2D eigenvalue weighted by molar-refractivity contribution is 9.10. The van der Waals surface area contributed by atoms with Crippen LogP contribution in [0.2, 0.25) is 0 Å². The van der Waals surface area contributed by atoms with Gasteiger partial charge in [0.1, 0.15) is 5.58 Å². The van der Waals surface area contributed by atoms with Crippen LogP contribution in [0.4, 0.5) is 0 Å². The molecule has 0 saturated heterocycles. The number of fused-ring (bicyclic) bond motifs is 2. The summed E-state index contributed by atoms with van der Waals surface area (Å²) in [6.45, 7) is 3.84. The molecule has 1 aromatic heterocycles. The molecule has 3 aromatic rings. The van der Waals surface area contributed by atoms with Crippen LogP contribution >= 0.6 is 15.9 Å². The molecule has 0 aliphatic carbocycles. The lowest BCUT2D eigenvalue weighted by Gasteiger charge is -2.15. The minimum absolute atomic E-state index is 0.0175. The van der Waals surface area contributed by atoms with E-state index in [2.05, 4.69) is 21.2 Å². The second kappa shape index (κ2) is 6.13. The predicted molar refractivity (Wildman–Crippen MR) is 104 cm³/mol. The van der Waals surface area contributed by atoms with Gasteiger partial charge in [0.25, 0.3) is 5.91 Å². The molecule has 138 valence electrons. The first-order valence-corrected chi connectivity index (χ1v) is 9.06. The number of methoxy groups -OCH3 is 1. The van der Waals surface area contributed by atoms with Crippen LogP contribution in [0.25, 0.3) is 11.0 Å². The van der Waals surface area contributed by atoms with Crippen LogP contribution in [-0.2, 0) is 0 Å². The Balaban J connectivity index is 1.99. The monoisotopic (exact) mass is 429 g/mol. The van der Waals surface area contributed by atoms with Crippen LogP contribution in [0.5, 0.6) is 11.5 Å². The van der Waals surface area contributed by atoms with Crippen molar-refractivity contribution < 1.29 is 19.1 Å². The van der Waals surface area contributed by atoms with E-state index in [1.165, 1.54) is 7.11 Å². The topological polar surface area (TPSA) is 88.8 Å². The fraction of sp³-hybridized carbons (Fsp3) is 0.200. The molecule has 1 aliphatic rings. The van der Waals surface area contributed by atoms with Gasteiger partial charge in [-0.25, -0.2) is 0 Å². The zero-order valence-corrected chi connectivity index (χ0v) is 16.4. The number of hydrogen-bond donors (Lipinski definition) is 2. The summed E-state index contributed by atoms with van der Waals surface area (Å²) in [7, 11) is 1.43. The van der Waals surface area contributed by atoms with Crippen LogP contribution in [0, 0.1) is 13.8 Å². The number of hydrogen-bond acceptors (Lipinski definition) is 5. The summed E-state index contributed by atoms with van der Waals surface area (Å²) in [5, 5.41) is 13.2. The summed E-state index contributed by atoms with van der Waals surface area (Å²) in [5.74, 6) is -0.250. The number of rotatable bonds is 2. The minimum Gasteiger partial charge on any atom is -0.503 e. The highest BCUT2D eigenvalue weighted by atomic mass is 79.9. The maximum Gasteiger partial charge on any atom is 0.288 e. The molecule has 1 aliphatic heterocycles. The second-order valence-electron chi connectivity index (χ2n) is 6.57. The number of benzene rings is 2. The SMILES string of the molecule is COc1cc(C2NC(=O)c3oc4cc(C)c(C)cc4c(=O)c32)cc(Br)c1O.